The molecule has 3 aromatic heterocycles. The number of ether oxygens (including phenoxy) is 2. The third-order valence-electron chi connectivity index (χ3n) is 5.60. The number of alkyl halides is 5. The molecule has 14 heteroatoms. The molecular weight excluding hydrogens is 519 g/mol. The summed E-state index contributed by atoms with van der Waals surface area (Å²) in [6, 6.07) is 5.60. The monoisotopic (exact) mass is 544 g/mol. The fourth-order valence-corrected chi connectivity index (χ4v) is 3.88. The van der Waals surface area contributed by atoms with Gasteiger partial charge in [-0.15, -0.1) is 0 Å². The second-order valence-corrected chi connectivity index (χ2v) is 9.00. The number of aromatic nitrogens is 3. The van der Waals surface area contributed by atoms with Crippen LogP contribution in [-0.2, 0) is 9.53 Å². The van der Waals surface area contributed by atoms with Crippen LogP contribution in [0.4, 0.5) is 27.6 Å². The molecule has 3 aromatic rings. The lowest BCUT2D eigenvalue weighted by Gasteiger charge is -2.34. The van der Waals surface area contributed by atoms with Crippen molar-refractivity contribution in [3.63, 3.8) is 0 Å². The van der Waals surface area contributed by atoms with E-state index in [-0.39, 0.29) is 17.2 Å². The number of anilines is 1. The third kappa shape index (κ3) is 7.15. The summed E-state index contributed by atoms with van der Waals surface area (Å²) in [6.45, 7) is 4.81. The Hall–Kier alpha value is -3.81. The molecule has 0 saturated carbocycles. The number of carboxylic acid groups (broad SMARTS) is 1. The van der Waals surface area contributed by atoms with E-state index >= 15 is 0 Å². The number of carbonyl (C=O) groups is 2. The fraction of sp³-hybridized carbons (Fsp3) is 0.417. The molecule has 9 nitrogen and oxygen atoms in total. The summed E-state index contributed by atoms with van der Waals surface area (Å²) < 4.78 is 70.6. The minimum Gasteiger partial charge on any atom is -0.493 e. The van der Waals surface area contributed by atoms with Gasteiger partial charge in [-0.05, 0) is 38.8 Å². The van der Waals surface area contributed by atoms with E-state index in [0.29, 0.717) is 23.7 Å². The average molecular weight is 544 g/mol. The van der Waals surface area contributed by atoms with Crippen molar-refractivity contribution < 1.29 is 46.1 Å². The van der Waals surface area contributed by atoms with E-state index in [1.165, 1.54) is 25.3 Å². The van der Waals surface area contributed by atoms with E-state index < -0.39 is 30.2 Å². The van der Waals surface area contributed by atoms with Crippen molar-refractivity contribution in [2.24, 2.45) is 0 Å². The first kappa shape index (κ1) is 28.8. The number of rotatable bonds is 5. The summed E-state index contributed by atoms with van der Waals surface area (Å²) in [6.07, 6.45) is -2.45. The summed E-state index contributed by atoms with van der Waals surface area (Å²) in [7, 11) is 1.53. The topological polar surface area (TPSA) is 115 Å². The SMILES string of the molecule is COc1cc(NC(=O)c2cccc(C(F)F)n2)cn2cc(C3CCOC(C)(C)C3)nc12.O=C(O)C(F)(F)F. The number of aliphatic carboxylic acids is 1. The molecule has 0 radical (unpaired) electrons. The highest BCUT2D eigenvalue weighted by atomic mass is 19.4. The smallest absolute Gasteiger partial charge is 0.490 e. The average Bonchev–Trinajstić information content (AvgIpc) is 3.27. The second kappa shape index (κ2) is 11.3. The molecule has 0 aliphatic carbocycles. The van der Waals surface area contributed by atoms with Gasteiger partial charge in [0.25, 0.3) is 12.3 Å². The minimum atomic E-state index is -5.08. The van der Waals surface area contributed by atoms with Crippen LogP contribution in [0.25, 0.3) is 5.65 Å². The van der Waals surface area contributed by atoms with Gasteiger partial charge in [0.15, 0.2) is 11.4 Å². The summed E-state index contributed by atoms with van der Waals surface area (Å²) >= 11 is 0. The normalized spacial score (nSPS) is 17.0. The molecule has 4 rings (SSSR count). The first-order valence-corrected chi connectivity index (χ1v) is 11.3. The van der Waals surface area contributed by atoms with Crippen molar-refractivity contribution in [3.05, 3.63) is 53.7 Å². The van der Waals surface area contributed by atoms with Gasteiger partial charge in [-0.25, -0.2) is 23.5 Å². The predicted octanol–water partition coefficient (Wildman–Crippen LogP) is 5.23. The second-order valence-electron chi connectivity index (χ2n) is 9.00. The number of fused-ring (bicyclic) bond motifs is 1. The maximum absolute atomic E-state index is 12.9. The molecule has 1 aliphatic heterocycles. The summed E-state index contributed by atoms with van der Waals surface area (Å²) in [5, 5.41) is 9.82. The molecule has 206 valence electrons. The maximum Gasteiger partial charge on any atom is 0.490 e. The molecule has 38 heavy (non-hydrogen) atoms. The van der Waals surface area contributed by atoms with Crippen LogP contribution in [0.15, 0.2) is 36.7 Å². The van der Waals surface area contributed by atoms with Gasteiger partial charge >= 0.3 is 12.1 Å². The molecule has 1 unspecified atom stereocenters. The Morgan fingerprint density at radius 3 is 2.50 bits per heavy atom. The lowest BCUT2D eigenvalue weighted by atomic mass is 9.86. The number of nitrogens with one attached hydrogen (secondary N) is 1. The molecule has 1 saturated heterocycles. The number of carboxylic acids is 1. The fourth-order valence-electron chi connectivity index (χ4n) is 3.88. The van der Waals surface area contributed by atoms with E-state index in [1.807, 2.05) is 6.20 Å². The first-order valence-electron chi connectivity index (χ1n) is 11.3. The Morgan fingerprint density at radius 2 is 1.92 bits per heavy atom. The molecule has 4 heterocycles. The molecular formula is C24H25F5N4O5. The number of hydrogen-bond donors (Lipinski definition) is 2. The van der Waals surface area contributed by atoms with E-state index in [0.717, 1.165) is 18.5 Å². The lowest BCUT2D eigenvalue weighted by molar-refractivity contribution is -0.192. The van der Waals surface area contributed by atoms with Crippen molar-refractivity contribution in [2.45, 2.75) is 50.8 Å². The van der Waals surface area contributed by atoms with Crippen molar-refractivity contribution in [1.82, 2.24) is 14.4 Å². The standard InChI is InChI=1S/C22H24F2N4O3.C2HF3O2/c1-22(2)10-13(7-8-31-22)17-12-28-11-14(9-18(30-3)20(28)27-17)25-21(29)16-6-4-5-15(26-16)19(23)24;3-2(4,5)1(6)7/h4-6,9,11-13,19H,7-8,10H2,1-3H3,(H,25,29);(H,6,7). The van der Waals surface area contributed by atoms with Crippen LogP contribution in [0, 0.1) is 0 Å². The molecule has 0 spiro atoms. The lowest BCUT2D eigenvalue weighted by Crippen LogP contribution is -2.33. The Morgan fingerprint density at radius 1 is 1.24 bits per heavy atom. The quantitative estimate of drug-likeness (QED) is 0.423. The minimum absolute atomic E-state index is 0.0902. The molecule has 2 N–H and O–H groups in total. The van der Waals surface area contributed by atoms with Crippen LogP contribution in [-0.4, -0.2) is 56.8 Å². The van der Waals surface area contributed by atoms with Crippen LogP contribution >= 0.6 is 0 Å². The molecule has 1 fully saturated rings. The van der Waals surface area contributed by atoms with Crippen LogP contribution < -0.4 is 10.1 Å². The van der Waals surface area contributed by atoms with E-state index in [1.54, 1.807) is 16.7 Å². The summed E-state index contributed by atoms with van der Waals surface area (Å²) in [5.74, 6) is -2.60. The van der Waals surface area contributed by atoms with Crippen LogP contribution in [0.3, 0.4) is 0 Å². The van der Waals surface area contributed by atoms with Crippen molar-refractivity contribution in [2.75, 3.05) is 19.0 Å². The van der Waals surface area contributed by atoms with E-state index in [4.69, 9.17) is 24.4 Å². The number of hydrogen-bond acceptors (Lipinski definition) is 6. The highest BCUT2D eigenvalue weighted by Crippen LogP contribution is 2.36. The van der Waals surface area contributed by atoms with Crippen molar-refractivity contribution >= 4 is 23.2 Å². The zero-order valence-corrected chi connectivity index (χ0v) is 20.6. The van der Waals surface area contributed by atoms with Gasteiger partial charge in [-0.3, -0.25) is 4.79 Å². The molecule has 0 bridgehead atoms. The first-order chi connectivity index (χ1) is 17.7. The molecule has 0 aromatic carbocycles. The largest absolute Gasteiger partial charge is 0.493 e. The third-order valence-corrected chi connectivity index (χ3v) is 5.60. The van der Waals surface area contributed by atoms with E-state index in [9.17, 15) is 26.7 Å². The maximum atomic E-state index is 12.9. The van der Waals surface area contributed by atoms with Gasteiger partial charge in [0.1, 0.15) is 11.4 Å². The number of pyridine rings is 2. The zero-order chi connectivity index (χ0) is 28.3. The number of carbonyl (C=O) groups excluding carboxylic acids is 1. The number of halogens is 5. The predicted molar refractivity (Wildman–Crippen MR) is 125 cm³/mol. The Kier molecular flexibility index (Phi) is 8.54. The van der Waals surface area contributed by atoms with Gasteiger partial charge in [-0.2, -0.15) is 13.2 Å². The Labute approximate surface area is 213 Å². The Bertz CT molecular complexity index is 1310. The molecule has 1 aliphatic rings. The number of methoxy groups -OCH3 is 1. The highest BCUT2D eigenvalue weighted by Gasteiger charge is 2.38. The van der Waals surface area contributed by atoms with Crippen molar-refractivity contribution in [3.8, 4) is 5.75 Å². The van der Waals surface area contributed by atoms with Gasteiger partial charge < -0.3 is 24.3 Å². The highest BCUT2D eigenvalue weighted by molar-refractivity contribution is 6.03. The van der Waals surface area contributed by atoms with Crippen LogP contribution in [0.1, 0.15) is 60.9 Å². The van der Waals surface area contributed by atoms with Crippen LogP contribution in [0.2, 0.25) is 0 Å². The van der Waals surface area contributed by atoms with Crippen LogP contribution in [0.5, 0.6) is 5.75 Å². The van der Waals surface area contributed by atoms with Crippen molar-refractivity contribution in [1.29, 1.82) is 0 Å². The number of nitrogens with zero attached hydrogens (tertiary/aromatic N) is 3. The van der Waals surface area contributed by atoms with Gasteiger partial charge in [-0.1, -0.05) is 6.07 Å². The number of imidazole rings is 1. The molecule has 1 atom stereocenters. The summed E-state index contributed by atoms with van der Waals surface area (Å²) in [4.78, 5) is 29.9. The number of amides is 1. The van der Waals surface area contributed by atoms with Gasteiger partial charge in [0.05, 0.1) is 24.1 Å². The molecule has 1 amide bonds. The van der Waals surface area contributed by atoms with E-state index in [2.05, 4.69) is 24.1 Å². The van der Waals surface area contributed by atoms with Gasteiger partial charge in [0, 0.05) is 31.0 Å². The summed E-state index contributed by atoms with van der Waals surface area (Å²) in [5.41, 5.74) is 1.27. The Balaban J connectivity index is 0.000000505. The zero-order valence-electron chi connectivity index (χ0n) is 20.6. The van der Waals surface area contributed by atoms with Gasteiger partial charge in [0.2, 0.25) is 0 Å².